The van der Waals surface area contributed by atoms with Crippen LogP contribution in [-0.2, 0) is 9.59 Å². The number of benzene rings is 2. The van der Waals surface area contributed by atoms with Crippen LogP contribution < -0.4 is 19.7 Å². The van der Waals surface area contributed by atoms with Crippen molar-refractivity contribution >= 4 is 39.1 Å². The molecule has 1 saturated heterocycles. The minimum absolute atomic E-state index is 0.0480. The molecular formula is C18H15BrN2O4. The molecule has 2 aromatic carbocycles. The number of nitrogens with one attached hydrogen (secondary N) is 1. The van der Waals surface area contributed by atoms with E-state index in [9.17, 15) is 9.59 Å². The Balaban J connectivity index is 1.44. The monoisotopic (exact) mass is 402 g/mol. The van der Waals surface area contributed by atoms with Crippen LogP contribution in [0.25, 0.3) is 0 Å². The zero-order valence-electron chi connectivity index (χ0n) is 13.2. The van der Waals surface area contributed by atoms with Crippen molar-refractivity contribution in [1.82, 2.24) is 0 Å². The zero-order chi connectivity index (χ0) is 17.4. The standard InChI is InChI=1S/C18H15BrN2O4/c19-12-1-4-14(5-2-12)21-9-11(7-17(21)22)18(23)20-13-3-6-15-16(8-13)25-10-24-15/h1-6,8,11H,7,9-10H2,(H,20,23)/t11-/m0/s1. The minimum Gasteiger partial charge on any atom is -0.454 e. The van der Waals surface area contributed by atoms with E-state index in [0.29, 0.717) is 23.7 Å². The average molecular weight is 403 g/mol. The van der Waals surface area contributed by atoms with E-state index in [0.717, 1.165) is 10.2 Å². The van der Waals surface area contributed by atoms with Crippen LogP contribution in [0.15, 0.2) is 46.9 Å². The summed E-state index contributed by atoms with van der Waals surface area (Å²) in [5.41, 5.74) is 1.43. The first kappa shape index (κ1) is 16.0. The number of ether oxygens (including phenoxy) is 2. The zero-order valence-corrected chi connectivity index (χ0v) is 14.8. The second-order valence-corrected chi connectivity index (χ2v) is 6.85. The van der Waals surface area contributed by atoms with Gasteiger partial charge in [0.15, 0.2) is 11.5 Å². The number of carbonyl (C=O) groups is 2. The summed E-state index contributed by atoms with van der Waals surface area (Å²) in [5.74, 6) is 0.661. The lowest BCUT2D eigenvalue weighted by molar-refractivity contribution is -0.122. The lowest BCUT2D eigenvalue weighted by atomic mass is 10.1. The van der Waals surface area contributed by atoms with E-state index in [-0.39, 0.29) is 30.9 Å². The molecule has 2 amide bonds. The predicted molar refractivity (Wildman–Crippen MR) is 95.8 cm³/mol. The Morgan fingerprint density at radius 3 is 2.68 bits per heavy atom. The van der Waals surface area contributed by atoms with E-state index in [2.05, 4.69) is 21.2 Å². The predicted octanol–water partition coefficient (Wildman–Crippen LogP) is 3.17. The van der Waals surface area contributed by atoms with E-state index < -0.39 is 0 Å². The second kappa shape index (κ2) is 6.40. The largest absolute Gasteiger partial charge is 0.454 e. The lowest BCUT2D eigenvalue weighted by Gasteiger charge is -2.17. The summed E-state index contributed by atoms with van der Waals surface area (Å²) >= 11 is 3.38. The van der Waals surface area contributed by atoms with E-state index in [4.69, 9.17) is 9.47 Å². The second-order valence-electron chi connectivity index (χ2n) is 5.94. The fraction of sp³-hybridized carbons (Fsp3) is 0.222. The van der Waals surface area contributed by atoms with Crippen LogP contribution in [0.1, 0.15) is 6.42 Å². The maximum atomic E-state index is 12.5. The number of anilines is 2. The van der Waals surface area contributed by atoms with Crippen LogP contribution in [0.4, 0.5) is 11.4 Å². The van der Waals surface area contributed by atoms with Gasteiger partial charge in [-0.05, 0) is 36.4 Å². The number of amides is 2. The third kappa shape index (κ3) is 3.19. The summed E-state index contributed by atoms with van der Waals surface area (Å²) < 4.78 is 11.5. The van der Waals surface area contributed by atoms with Crippen molar-refractivity contribution in [3.63, 3.8) is 0 Å². The van der Waals surface area contributed by atoms with Gasteiger partial charge >= 0.3 is 0 Å². The summed E-state index contributed by atoms with van der Waals surface area (Å²) in [6.07, 6.45) is 0.201. The maximum absolute atomic E-state index is 12.5. The first-order valence-electron chi connectivity index (χ1n) is 7.86. The summed E-state index contributed by atoms with van der Waals surface area (Å²) in [5, 5.41) is 2.85. The normalized spacial score (nSPS) is 18.5. The van der Waals surface area contributed by atoms with E-state index >= 15 is 0 Å². The molecule has 6 nitrogen and oxygen atoms in total. The topological polar surface area (TPSA) is 67.9 Å². The summed E-state index contributed by atoms with van der Waals surface area (Å²) in [6, 6.07) is 12.7. The molecule has 0 spiro atoms. The smallest absolute Gasteiger partial charge is 0.231 e. The van der Waals surface area contributed by atoms with Crippen LogP contribution in [0, 0.1) is 5.92 Å². The van der Waals surface area contributed by atoms with Crippen molar-refractivity contribution in [3.05, 3.63) is 46.9 Å². The molecular weight excluding hydrogens is 388 g/mol. The molecule has 1 fully saturated rings. The first-order chi connectivity index (χ1) is 12.1. The SMILES string of the molecule is O=C(Nc1ccc2c(c1)OCO2)[C@H]1CC(=O)N(c2ccc(Br)cc2)C1. The Hall–Kier alpha value is -2.54. The van der Waals surface area contributed by atoms with Crippen LogP contribution in [0.2, 0.25) is 0 Å². The molecule has 0 unspecified atom stereocenters. The van der Waals surface area contributed by atoms with Crippen LogP contribution in [0.5, 0.6) is 11.5 Å². The highest BCUT2D eigenvalue weighted by Crippen LogP contribution is 2.34. The highest BCUT2D eigenvalue weighted by Gasteiger charge is 2.35. The molecule has 0 aromatic heterocycles. The van der Waals surface area contributed by atoms with Gasteiger partial charge < -0.3 is 19.7 Å². The van der Waals surface area contributed by atoms with Gasteiger partial charge in [0.25, 0.3) is 0 Å². The van der Waals surface area contributed by atoms with Crippen molar-refractivity contribution < 1.29 is 19.1 Å². The summed E-state index contributed by atoms with van der Waals surface area (Å²) in [7, 11) is 0. The van der Waals surface area contributed by atoms with E-state index in [1.54, 1.807) is 23.1 Å². The number of hydrogen-bond acceptors (Lipinski definition) is 4. The third-order valence-corrected chi connectivity index (χ3v) is 4.80. The van der Waals surface area contributed by atoms with Crippen molar-refractivity contribution in [3.8, 4) is 11.5 Å². The van der Waals surface area contributed by atoms with Gasteiger partial charge in [-0.2, -0.15) is 0 Å². The molecule has 2 heterocycles. The molecule has 2 aliphatic rings. The fourth-order valence-electron chi connectivity index (χ4n) is 2.97. The molecule has 4 rings (SSSR count). The molecule has 2 aromatic rings. The third-order valence-electron chi connectivity index (χ3n) is 4.27. The van der Waals surface area contributed by atoms with Gasteiger partial charge in [0.05, 0.1) is 5.92 Å². The molecule has 1 atom stereocenters. The first-order valence-corrected chi connectivity index (χ1v) is 8.66. The lowest BCUT2D eigenvalue weighted by Crippen LogP contribution is -2.28. The molecule has 0 aliphatic carbocycles. The highest BCUT2D eigenvalue weighted by atomic mass is 79.9. The maximum Gasteiger partial charge on any atom is 0.231 e. The van der Waals surface area contributed by atoms with Gasteiger partial charge in [0.1, 0.15) is 0 Å². The quantitative estimate of drug-likeness (QED) is 0.855. The fourth-order valence-corrected chi connectivity index (χ4v) is 3.24. The molecule has 1 N–H and O–H groups in total. The van der Waals surface area contributed by atoms with Gasteiger partial charge in [-0.1, -0.05) is 15.9 Å². The van der Waals surface area contributed by atoms with Crippen LogP contribution >= 0.6 is 15.9 Å². The van der Waals surface area contributed by atoms with E-state index in [1.165, 1.54) is 0 Å². The van der Waals surface area contributed by atoms with Gasteiger partial charge in [-0.3, -0.25) is 9.59 Å². The molecule has 7 heteroatoms. The molecule has 0 radical (unpaired) electrons. The van der Waals surface area contributed by atoms with E-state index in [1.807, 2.05) is 24.3 Å². The number of carbonyl (C=O) groups excluding carboxylic acids is 2. The number of nitrogens with zero attached hydrogens (tertiary/aromatic N) is 1. The molecule has 25 heavy (non-hydrogen) atoms. The Morgan fingerprint density at radius 1 is 1.12 bits per heavy atom. The number of hydrogen-bond donors (Lipinski definition) is 1. The Morgan fingerprint density at radius 2 is 1.88 bits per heavy atom. The Bertz CT molecular complexity index is 837. The number of fused-ring (bicyclic) bond motifs is 1. The van der Waals surface area contributed by atoms with Crippen LogP contribution in [-0.4, -0.2) is 25.2 Å². The molecule has 2 aliphatic heterocycles. The average Bonchev–Trinajstić information content (AvgIpc) is 3.22. The van der Waals surface area contributed by atoms with Gasteiger partial charge in [-0.15, -0.1) is 0 Å². The minimum atomic E-state index is -0.387. The number of halogens is 1. The molecule has 128 valence electrons. The molecule has 0 saturated carbocycles. The van der Waals surface area contributed by atoms with Crippen molar-refractivity contribution in [2.45, 2.75) is 6.42 Å². The van der Waals surface area contributed by atoms with Crippen molar-refractivity contribution in [1.29, 1.82) is 0 Å². The van der Waals surface area contributed by atoms with Gasteiger partial charge in [-0.25, -0.2) is 0 Å². The number of rotatable bonds is 3. The molecule has 0 bridgehead atoms. The Labute approximate surface area is 152 Å². The van der Waals surface area contributed by atoms with Crippen molar-refractivity contribution in [2.75, 3.05) is 23.6 Å². The van der Waals surface area contributed by atoms with Crippen molar-refractivity contribution in [2.24, 2.45) is 5.92 Å². The van der Waals surface area contributed by atoms with Gasteiger partial charge in [0.2, 0.25) is 18.6 Å². The Kier molecular flexibility index (Phi) is 4.09. The van der Waals surface area contributed by atoms with Crippen LogP contribution in [0.3, 0.4) is 0 Å². The summed E-state index contributed by atoms with van der Waals surface area (Å²) in [6.45, 7) is 0.558. The summed E-state index contributed by atoms with van der Waals surface area (Å²) in [4.78, 5) is 26.4. The highest BCUT2D eigenvalue weighted by molar-refractivity contribution is 9.10. The van der Waals surface area contributed by atoms with Gasteiger partial charge in [0, 0.05) is 34.9 Å².